The number of rotatable bonds is 6. The summed E-state index contributed by atoms with van der Waals surface area (Å²) in [6.45, 7) is 5.23. The number of furan rings is 1. The molecule has 3 heterocycles. The van der Waals surface area contributed by atoms with E-state index in [9.17, 15) is 4.79 Å². The summed E-state index contributed by atoms with van der Waals surface area (Å²) in [5.41, 5.74) is 1.10. The topological polar surface area (TPSA) is 58.4 Å². The molecule has 1 saturated heterocycles. The average molecular weight is 333 g/mol. The predicted molar refractivity (Wildman–Crippen MR) is 90.0 cm³/mol. The van der Waals surface area contributed by atoms with Crippen LogP contribution >= 0.6 is 11.3 Å². The summed E-state index contributed by atoms with van der Waals surface area (Å²) >= 11 is 1.62. The van der Waals surface area contributed by atoms with E-state index in [1.54, 1.807) is 17.6 Å². The zero-order valence-corrected chi connectivity index (χ0v) is 14.3. The lowest BCUT2D eigenvalue weighted by Gasteiger charge is -2.31. The molecule has 1 N–H and O–H groups in total. The number of piperidine rings is 1. The Morgan fingerprint density at radius 2 is 2.48 bits per heavy atom. The standard InChI is InChI=1S/C17H23N3O2S/c1-2-14-12-23-16(19-14)9-18-17(21)13-5-3-7-20(10-13)11-15-6-4-8-22-15/h4,6,8,12-13H,2-3,5,7,9-11H2,1H3,(H,18,21). The summed E-state index contributed by atoms with van der Waals surface area (Å²) in [5, 5.41) is 6.09. The second-order valence-electron chi connectivity index (χ2n) is 5.96. The number of hydrogen-bond donors (Lipinski definition) is 1. The largest absolute Gasteiger partial charge is 0.468 e. The van der Waals surface area contributed by atoms with Gasteiger partial charge in [-0.05, 0) is 37.9 Å². The number of hydrogen-bond acceptors (Lipinski definition) is 5. The molecule has 1 aliphatic heterocycles. The van der Waals surface area contributed by atoms with Gasteiger partial charge >= 0.3 is 0 Å². The minimum Gasteiger partial charge on any atom is -0.468 e. The summed E-state index contributed by atoms with van der Waals surface area (Å²) in [7, 11) is 0. The monoisotopic (exact) mass is 333 g/mol. The van der Waals surface area contributed by atoms with Crippen LogP contribution in [0.2, 0.25) is 0 Å². The van der Waals surface area contributed by atoms with E-state index in [1.165, 1.54) is 0 Å². The van der Waals surface area contributed by atoms with Gasteiger partial charge in [0.2, 0.25) is 5.91 Å². The van der Waals surface area contributed by atoms with Crippen molar-refractivity contribution in [3.63, 3.8) is 0 Å². The van der Waals surface area contributed by atoms with E-state index < -0.39 is 0 Å². The molecule has 1 fully saturated rings. The molecular weight excluding hydrogens is 310 g/mol. The Morgan fingerprint density at radius 3 is 3.22 bits per heavy atom. The van der Waals surface area contributed by atoms with Gasteiger partial charge in [-0.2, -0.15) is 0 Å². The summed E-state index contributed by atoms with van der Waals surface area (Å²) in [6.07, 6.45) is 4.64. The van der Waals surface area contributed by atoms with Crippen LogP contribution < -0.4 is 5.32 Å². The maximum absolute atomic E-state index is 12.4. The fourth-order valence-corrected chi connectivity index (χ4v) is 3.75. The molecule has 2 aromatic rings. The van der Waals surface area contributed by atoms with Crippen LogP contribution in [0.4, 0.5) is 0 Å². The first-order valence-corrected chi connectivity index (χ1v) is 9.08. The van der Waals surface area contributed by atoms with Crippen LogP contribution in [0.25, 0.3) is 0 Å². The highest BCUT2D eigenvalue weighted by Crippen LogP contribution is 2.19. The van der Waals surface area contributed by atoms with Crippen molar-refractivity contribution in [2.75, 3.05) is 13.1 Å². The number of nitrogens with zero attached hydrogens (tertiary/aromatic N) is 2. The fourth-order valence-electron chi connectivity index (χ4n) is 2.94. The first kappa shape index (κ1) is 16.2. The Labute approximate surface area is 140 Å². The highest BCUT2D eigenvalue weighted by Gasteiger charge is 2.26. The Kier molecular flexibility index (Phi) is 5.46. The smallest absolute Gasteiger partial charge is 0.224 e. The Bertz CT molecular complexity index is 624. The molecule has 0 saturated carbocycles. The van der Waals surface area contributed by atoms with E-state index in [2.05, 4.69) is 27.5 Å². The average Bonchev–Trinajstić information content (AvgIpc) is 3.24. The van der Waals surface area contributed by atoms with Gasteiger partial charge < -0.3 is 9.73 Å². The van der Waals surface area contributed by atoms with Gasteiger partial charge in [-0.25, -0.2) is 4.98 Å². The molecule has 0 radical (unpaired) electrons. The van der Waals surface area contributed by atoms with Crippen molar-refractivity contribution in [3.05, 3.63) is 40.2 Å². The third-order valence-corrected chi connectivity index (χ3v) is 5.11. The third kappa shape index (κ3) is 4.42. The highest BCUT2D eigenvalue weighted by molar-refractivity contribution is 7.09. The molecular formula is C17H23N3O2S. The molecule has 0 bridgehead atoms. The van der Waals surface area contributed by atoms with Crippen LogP contribution in [0, 0.1) is 5.92 Å². The van der Waals surface area contributed by atoms with Gasteiger partial charge in [0.05, 0.1) is 31.0 Å². The highest BCUT2D eigenvalue weighted by atomic mass is 32.1. The van der Waals surface area contributed by atoms with E-state index in [0.29, 0.717) is 6.54 Å². The van der Waals surface area contributed by atoms with Crippen LogP contribution in [-0.4, -0.2) is 28.9 Å². The maximum atomic E-state index is 12.4. The number of aromatic nitrogens is 1. The second-order valence-corrected chi connectivity index (χ2v) is 6.90. The van der Waals surface area contributed by atoms with E-state index in [0.717, 1.165) is 55.4 Å². The van der Waals surface area contributed by atoms with Crippen molar-refractivity contribution in [2.24, 2.45) is 5.92 Å². The van der Waals surface area contributed by atoms with E-state index in [4.69, 9.17) is 4.42 Å². The number of thiazole rings is 1. The van der Waals surface area contributed by atoms with Crippen molar-refractivity contribution < 1.29 is 9.21 Å². The van der Waals surface area contributed by atoms with Gasteiger partial charge in [0.15, 0.2) is 0 Å². The second kappa shape index (κ2) is 7.75. The zero-order valence-electron chi connectivity index (χ0n) is 13.5. The van der Waals surface area contributed by atoms with Crippen molar-refractivity contribution >= 4 is 17.2 Å². The molecule has 0 aliphatic carbocycles. The molecule has 1 atom stereocenters. The van der Waals surface area contributed by atoms with Crippen LogP contribution in [0.3, 0.4) is 0 Å². The van der Waals surface area contributed by atoms with E-state index >= 15 is 0 Å². The quantitative estimate of drug-likeness (QED) is 0.883. The lowest BCUT2D eigenvalue weighted by atomic mass is 9.97. The summed E-state index contributed by atoms with van der Waals surface area (Å²) in [5.74, 6) is 1.16. The van der Waals surface area contributed by atoms with Gasteiger partial charge in [0.1, 0.15) is 10.8 Å². The molecule has 23 heavy (non-hydrogen) atoms. The molecule has 3 rings (SSSR count). The lowest BCUT2D eigenvalue weighted by Crippen LogP contribution is -2.42. The molecule has 5 nitrogen and oxygen atoms in total. The van der Waals surface area contributed by atoms with Gasteiger partial charge in [0, 0.05) is 11.9 Å². The van der Waals surface area contributed by atoms with Gasteiger partial charge in [-0.15, -0.1) is 11.3 Å². The SMILES string of the molecule is CCc1csc(CNC(=O)C2CCCN(Cc3ccco3)C2)n1. The molecule has 0 aromatic carbocycles. The van der Waals surface area contributed by atoms with Crippen molar-refractivity contribution in [1.82, 2.24) is 15.2 Å². The number of nitrogens with one attached hydrogen (secondary N) is 1. The summed E-state index contributed by atoms with van der Waals surface area (Å²) in [6, 6.07) is 3.89. The van der Waals surface area contributed by atoms with Crippen LogP contribution in [0.1, 0.15) is 36.2 Å². The Morgan fingerprint density at radius 1 is 1.57 bits per heavy atom. The normalized spacial score (nSPS) is 18.9. The molecule has 1 unspecified atom stereocenters. The number of carbonyl (C=O) groups is 1. The van der Waals surface area contributed by atoms with E-state index in [1.807, 2.05) is 12.1 Å². The Balaban J connectivity index is 1.48. The summed E-state index contributed by atoms with van der Waals surface area (Å²) in [4.78, 5) is 19.2. The Hall–Kier alpha value is -1.66. The van der Waals surface area contributed by atoms with E-state index in [-0.39, 0.29) is 11.8 Å². The van der Waals surface area contributed by atoms with Gasteiger partial charge in [0.25, 0.3) is 0 Å². The van der Waals surface area contributed by atoms with Gasteiger partial charge in [-0.1, -0.05) is 6.92 Å². The summed E-state index contributed by atoms with van der Waals surface area (Å²) < 4.78 is 5.40. The molecule has 1 amide bonds. The fraction of sp³-hybridized carbons (Fsp3) is 0.529. The van der Waals surface area contributed by atoms with Crippen LogP contribution in [0.15, 0.2) is 28.2 Å². The van der Waals surface area contributed by atoms with Crippen molar-refractivity contribution in [3.8, 4) is 0 Å². The van der Waals surface area contributed by atoms with Gasteiger partial charge in [-0.3, -0.25) is 9.69 Å². The predicted octanol–water partition coefficient (Wildman–Crippen LogP) is 2.83. The number of amides is 1. The number of carbonyl (C=O) groups excluding carboxylic acids is 1. The molecule has 124 valence electrons. The molecule has 1 aliphatic rings. The van der Waals surface area contributed by atoms with Crippen LogP contribution in [-0.2, 0) is 24.3 Å². The first-order valence-electron chi connectivity index (χ1n) is 8.20. The third-order valence-electron chi connectivity index (χ3n) is 4.21. The number of likely N-dealkylation sites (tertiary alicyclic amines) is 1. The number of aryl methyl sites for hydroxylation is 1. The zero-order chi connectivity index (χ0) is 16.1. The molecule has 0 spiro atoms. The minimum atomic E-state index is 0.0596. The first-order chi connectivity index (χ1) is 11.2. The lowest BCUT2D eigenvalue weighted by molar-refractivity contribution is -0.127. The van der Waals surface area contributed by atoms with Crippen molar-refractivity contribution in [2.45, 2.75) is 39.3 Å². The van der Waals surface area contributed by atoms with Crippen LogP contribution in [0.5, 0.6) is 0 Å². The molecule has 2 aromatic heterocycles. The maximum Gasteiger partial charge on any atom is 0.224 e. The molecule has 6 heteroatoms. The van der Waals surface area contributed by atoms with Crippen molar-refractivity contribution in [1.29, 1.82) is 0 Å². The minimum absolute atomic E-state index is 0.0596.